The highest BCUT2D eigenvalue weighted by Crippen LogP contribution is 2.31. The summed E-state index contributed by atoms with van der Waals surface area (Å²) in [4.78, 5) is 14.7. The third-order valence-corrected chi connectivity index (χ3v) is 4.35. The van der Waals surface area contributed by atoms with Crippen molar-refractivity contribution in [3.05, 3.63) is 70.2 Å². The van der Waals surface area contributed by atoms with Crippen LogP contribution in [0.1, 0.15) is 21.7 Å². The van der Waals surface area contributed by atoms with Gasteiger partial charge < -0.3 is 14.7 Å². The molecule has 3 rings (SSSR count). The van der Waals surface area contributed by atoms with E-state index in [2.05, 4.69) is 10.5 Å². The molecule has 1 N–H and O–H groups in total. The number of nitrogens with one attached hydrogen (secondary N) is 1. The summed E-state index contributed by atoms with van der Waals surface area (Å²) in [5.74, 6) is -0.467. The summed E-state index contributed by atoms with van der Waals surface area (Å²) in [5, 5.41) is 7.13. The Balaban J connectivity index is 1.89. The third-order valence-electron chi connectivity index (χ3n) is 4.02. The fourth-order valence-electron chi connectivity index (χ4n) is 2.76. The van der Waals surface area contributed by atoms with Gasteiger partial charge in [0.05, 0.1) is 5.02 Å². The van der Waals surface area contributed by atoms with E-state index in [0.717, 1.165) is 0 Å². The first-order valence-electron chi connectivity index (χ1n) is 8.32. The van der Waals surface area contributed by atoms with Crippen molar-refractivity contribution in [1.82, 2.24) is 10.1 Å². The van der Waals surface area contributed by atoms with E-state index in [-0.39, 0.29) is 11.4 Å². The molecular weight excluding hydrogens is 369 g/mol. The Hall–Kier alpha value is -2.70. The van der Waals surface area contributed by atoms with Crippen molar-refractivity contribution < 1.29 is 13.7 Å². The molecular formula is C20H19ClFN3O2. The quantitative estimate of drug-likeness (QED) is 0.686. The first-order valence-corrected chi connectivity index (χ1v) is 8.70. The fourth-order valence-corrected chi connectivity index (χ4v) is 2.99. The van der Waals surface area contributed by atoms with Gasteiger partial charge in [-0.25, -0.2) is 4.39 Å². The van der Waals surface area contributed by atoms with E-state index < -0.39 is 5.91 Å². The summed E-state index contributed by atoms with van der Waals surface area (Å²) in [5.41, 5.74) is 2.11. The maximum atomic E-state index is 14.3. The number of carbonyl (C=O) groups excluding carboxylic acids is 1. The highest BCUT2D eigenvalue weighted by atomic mass is 35.5. The minimum Gasteiger partial charge on any atom is -0.360 e. The molecule has 0 aliphatic rings. The maximum Gasteiger partial charge on any atom is 0.261 e. The number of benzene rings is 2. The Morgan fingerprint density at radius 2 is 2.00 bits per heavy atom. The van der Waals surface area contributed by atoms with Gasteiger partial charge in [0.15, 0.2) is 0 Å². The van der Waals surface area contributed by atoms with Gasteiger partial charge in [0.2, 0.25) is 0 Å². The normalized spacial score (nSPS) is 11.0. The van der Waals surface area contributed by atoms with Crippen LogP contribution in [0.5, 0.6) is 0 Å². The lowest BCUT2D eigenvalue weighted by Crippen LogP contribution is -2.15. The largest absolute Gasteiger partial charge is 0.360 e. The van der Waals surface area contributed by atoms with Crippen LogP contribution in [0.3, 0.4) is 0 Å². The summed E-state index contributed by atoms with van der Waals surface area (Å²) in [6, 6.07) is 11.7. The molecule has 0 spiro atoms. The van der Waals surface area contributed by atoms with Crippen LogP contribution in [0.25, 0.3) is 11.3 Å². The van der Waals surface area contributed by atoms with Crippen LogP contribution in [0, 0.1) is 12.7 Å². The summed E-state index contributed by atoms with van der Waals surface area (Å²) in [7, 11) is 3.72. The van der Waals surface area contributed by atoms with E-state index in [1.807, 2.05) is 19.0 Å². The van der Waals surface area contributed by atoms with E-state index in [0.29, 0.717) is 39.8 Å². The lowest BCUT2D eigenvalue weighted by atomic mass is 10.1. The van der Waals surface area contributed by atoms with Crippen molar-refractivity contribution in [2.45, 2.75) is 13.5 Å². The second-order valence-electron chi connectivity index (χ2n) is 6.44. The molecule has 5 nitrogen and oxygen atoms in total. The molecule has 27 heavy (non-hydrogen) atoms. The zero-order valence-electron chi connectivity index (χ0n) is 15.2. The number of hydrogen-bond donors (Lipinski definition) is 1. The molecule has 0 unspecified atom stereocenters. The molecule has 140 valence electrons. The highest BCUT2D eigenvalue weighted by molar-refractivity contribution is 6.33. The number of anilines is 1. The first-order chi connectivity index (χ1) is 12.9. The zero-order chi connectivity index (χ0) is 19.6. The smallest absolute Gasteiger partial charge is 0.261 e. The van der Waals surface area contributed by atoms with E-state index >= 15 is 0 Å². The highest BCUT2D eigenvalue weighted by Gasteiger charge is 2.23. The number of aryl methyl sites for hydroxylation is 1. The molecule has 7 heteroatoms. The van der Waals surface area contributed by atoms with Gasteiger partial charge in [-0.1, -0.05) is 41.0 Å². The van der Waals surface area contributed by atoms with Gasteiger partial charge in [0, 0.05) is 23.4 Å². The SMILES string of the molecule is Cc1onc(-c2ccccc2Cl)c1C(=O)Nc1ccc(CN(C)C)c(F)c1. The Labute approximate surface area is 161 Å². The third kappa shape index (κ3) is 4.18. The predicted octanol–water partition coefficient (Wildman–Crippen LogP) is 4.76. The molecule has 0 atom stereocenters. The average molecular weight is 388 g/mol. The zero-order valence-corrected chi connectivity index (χ0v) is 16.0. The van der Waals surface area contributed by atoms with E-state index in [4.69, 9.17) is 16.1 Å². The number of amides is 1. The average Bonchev–Trinajstić information content (AvgIpc) is 2.99. The Kier molecular flexibility index (Phi) is 5.58. The van der Waals surface area contributed by atoms with Crippen LogP contribution in [0.4, 0.5) is 10.1 Å². The number of carbonyl (C=O) groups is 1. The van der Waals surface area contributed by atoms with Crippen molar-refractivity contribution in [1.29, 1.82) is 0 Å². The molecule has 0 saturated carbocycles. The van der Waals surface area contributed by atoms with Gasteiger partial charge in [0.25, 0.3) is 5.91 Å². The molecule has 0 aliphatic heterocycles. The van der Waals surface area contributed by atoms with Gasteiger partial charge in [-0.3, -0.25) is 4.79 Å². The number of nitrogens with zero attached hydrogens (tertiary/aromatic N) is 2. The summed E-state index contributed by atoms with van der Waals surface area (Å²) in [6.07, 6.45) is 0. The number of hydrogen-bond acceptors (Lipinski definition) is 4. The second kappa shape index (κ2) is 7.90. The van der Waals surface area contributed by atoms with Crippen molar-refractivity contribution in [2.75, 3.05) is 19.4 Å². The topological polar surface area (TPSA) is 58.4 Å². The van der Waals surface area contributed by atoms with Gasteiger partial charge in [-0.05, 0) is 39.2 Å². The fraction of sp³-hybridized carbons (Fsp3) is 0.200. The number of rotatable bonds is 5. The van der Waals surface area contributed by atoms with Crippen LogP contribution < -0.4 is 5.32 Å². The Morgan fingerprint density at radius 1 is 1.26 bits per heavy atom. The van der Waals surface area contributed by atoms with Crippen LogP contribution in [0.15, 0.2) is 47.0 Å². The van der Waals surface area contributed by atoms with Gasteiger partial charge in [0.1, 0.15) is 22.8 Å². The summed E-state index contributed by atoms with van der Waals surface area (Å²) in [6.45, 7) is 2.12. The van der Waals surface area contributed by atoms with Gasteiger partial charge in [-0.2, -0.15) is 0 Å². The molecule has 2 aromatic carbocycles. The van der Waals surface area contributed by atoms with E-state index in [1.54, 1.807) is 43.3 Å². The van der Waals surface area contributed by atoms with E-state index in [9.17, 15) is 9.18 Å². The Bertz CT molecular complexity index is 985. The van der Waals surface area contributed by atoms with Gasteiger partial charge >= 0.3 is 0 Å². The minimum absolute atomic E-state index is 0.265. The van der Waals surface area contributed by atoms with Crippen molar-refractivity contribution in [3.63, 3.8) is 0 Å². The lowest BCUT2D eigenvalue weighted by Gasteiger charge is -2.12. The van der Waals surface area contributed by atoms with Crippen LogP contribution in [-0.4, -0.2) is 30.1 Å². The van der Waals surface area contributed by atoms with E-state index in [1.165, 1.54) is 6.07 Å². The second-order valence-corrected chi connectivity index (χ2v) is 6.85. The van der Waals surface area contributed by atoms with Crippen LogP contribution >= 0.6 is 11.6 Å². The minimum atomic E-state index is -0.441. The molecule has 1 aromatic heterocycles. The molecule has 0 saturated heterocycles. The first kappa shape index (κ1) is 19.1. The molecule has 0 bridgehead atoms. The monoisotopic (exact) mass is 387 g/mol. The molecule has 0 fully saturated rings. The maximum absolute atomic E-state index is 14.3. The van der Waals surface area contributed by atoms with Gasteiger partial charge in [-0.15, -0.1) is 0 Å². The molecule has 1 heterocycles. The van der Waals surface area contributed by atoms with Crippen LogP contribution in [0.2, 0.25) is 5.02 Å². The van der Waals surface area contributed by atoms with Crippen molar-refractivity contribution in [2.24, 2.45) is 0 Å². The number of halogens is 2. The van der Waals surface area contributed by atoms with Crippen LogP contribution in [-0.2, 0) is 6.54 Å². The molecule has 0 aliphatic carbocycles. The van der Waals surface area contributed by atoms with Crippen molar-refractivity contribution >= 4 is 23.2 Å². The molecule has 0 radical (unpaired) electrons. The van der Waals surface area contributed by atoms with Crippen molar-refractivity contribution in [3.8, 4) is 11.3 Å². The number of aromatic nitrogens is 1. The summed E-state index contributed by atoms with van der Waals surface area (Å²) >= 11 is 6.22. The molecule has 1 amide bonds. The lowest BCUT2D eigenvalue weighted by molar-refractivity contribution is 0.102. The predicted molar refractivity (Wildman–Crippen MR) is 103 cm³/mol. The Morgan fingerprint density at radius 3 is 2.67 bits per heavy atom. The molecule has 3 aromatic rings. The summed E-state index contributed by atoms with van der Waals surface area (Å²) < 4.78 is 19.5. The standard InChI is InChI=1S/C20H19ClFN3O2/c1-12-18(19(24-27-12)15-6-4-5-7-16(15)21)20(26)23-14-9-8-13(11-25(2)3)17(22)10-14/h4-10H,11H2,1-3H3,(H,23,26).